The van der Waals surface area contributed by atoms with E-state index in [1.165, 1.54) is 12.8 Å². The molecule has 17 heavy (non-hydrogen) atoms. The second kappa shape index (κ2) is 5.18. The van der Waals surface area contributed by atoms with Gasteiger partial charge in [0.25, 0.3) is 0 Å². The molecule has 2 rings (SSSR count). The number of hydrogen-bond acceptors (Lipinski definition) is 5. The van der Waals surface area contributed by atoms with Crippen molar-refractivity contribution in [3.8, 4) is 0 Å². The first kappa shape index (κ1) is 12.6. The van der Waals surface area contributed by atoms with E-state index >= 15 is 0 Å². The monoisotopic (exact) mass is 266 g/mol. The van der Waals surface area contributed by atoms with E-state index in [2.05, 4.69) is 20.8 Å². The number of hydrogen-bond donors (Lipinski definition) is 2. The number of aromatic nitrogens is 2. The second-order valence-electron chi connectivity index (χ2n) is 3.92. The topological polar surface area (TPSA) is 49.8 Å². The van der Waals surface area contributed by atoms with Crippen LogP contribution in [0.5, 0.6) is 0 Å². The first-order chi connectivity index (χ1) is 8.05. The predicted molar refractivity (Wildman–Crippen MR) is 59.0 cm³/mol. The lowest BCUT2D eigenvalue weighted by molar-refractivity contribution is -0.138. The maximum atomic E-state index is 12.2. The van der Waals surface area contributed by atoms with Gasteiger partial charge in [0, 0.05) is 12.6 Å². The van der Waals surface area contributed by atoms with Crippen molar-refractivity contribution in [2.75, 3.05) is 18.4 Å². The Morgan fingerprint density at radius 1 is 1.24 bits per heavy atom. The van der Waals surface area contributed by atoms with E-state index < -0.39 is 11.2 Å². The Morgan fingerprint density at radius 3 is 2.59 bits per heavy atom. The molecule has 0 atom stereocenters. The normalized spacial score (nSPS) is 16.2. The molecule has 1 fully saturated rings. The van der Waals surface area contributed by atoms with Crippen molar-refractivity contribution in [3.63, 3.8) is 0 Å². The van der Waals surface area contributed by atoms with E-state index in [1.54, 1.807) is 0 Å². The highest BCUT2D eigenvalue weighted by molar-refractivity contribution is 7.15. The minimum absolute atomic E-state index is 0.226. The Balaban J connectivity index is 1.66. The summed E-state index contributed by atoms with van der Waals surface area (Å²) in [7, 11) is 0. The van der Waals surface area contributed by atoms with Gasteiger partial charge in [0.05, 0.1) is 0 Å². The largest absolute Gasteiger partial charge is 0.445 e. The van der Waals surface area contributed by atoms with Crippen LogP contribution in [0.3, 0.4) is 0 Å². The minimum atomic E-state index is -4.40. The smallest absolute Gasteiger partial charge is 0.360 e. The van der Waals surface area contributed by atoms with Crippen LogP contribution in [0.1, 0.15) is 24.3 Å². The summed E-state index contributed by atoms with van der Waals surface area (Å²) in [6.07, 6.45) is -1.07. The maximum absolute atomic E-state index is 12.2. The summed E-state index contributed by atoms with van der Waals surface area (Å²) < 4.78 is 36.6. The van der Waals surface area contributed by atoms with Gasteiger partial charge in [-0.15, -0.1) is 10.2 Å². The lowest BCUT2D eigenvalue weighted by atomic mass is 10.4. The lowest BCUT2D eigenvalue weighted by Gasteiger charge is -2.03. The first-order valence-corrected chi connectivity index (χ1v) is 6.25. The number of halogens is 3. The van der Waals surface area contributed by atoms with E-state index in [-0.39, 0.29) is 5.13 Å². The van der Waals surface area contributed by atoms with Crippen LogP contribution >= 0.6 is 11.3 Å². The zero-order valence-electron chi connectivity index (χ0n) is 9.05. The third-order valence-corrected chi connectivity index (χ3v) is 3.23. The zero-order valence-corrected chi connectivity index (χ0v) is 9.87. The third kappa shape index (κ3) is 4.12. The van der Waals surface area contributed by atoms with Crippen LogP contribution in [0.15, 0.2) is 0 Å². The van der Waals surface area contributed by atoms with Crippen LogP contribution in [0.4, 0.5) is 18.3 Å². The van der Waals surface area contributed by atoms with Gasteiger partial charge >= 0.3 is 6.18 Å². The molecule has 2 N–H and O–H groups in total. The summed E-state index contributed by atoms with van der Waals surface area (Å²) in [6, 6.07) is 0.661. The van der Waals surface area contributed by atoms with Gasteiger partial charge in [0.15, 0.2) is 0 Å². The van der Waals surface area contributed by atoms with E-state index in [0.29, 0.717) is 23.9 Å². The highest BCUT2D eigenvalue weighted by Crippen LogP contribution is 2.32. The van der Waals surface area contributed by atoms with E-state index in [9.17, 15) is 13.2 Å². The molecule has 1 aromatic heterocycles. The molecule has 0 spiro atoms. The molecule has 0 amide bonds. The lowest BCUT2D eigenvalue weighted by Crippen LogP contribution is -2.19. The van der Waals surface area contributed by atoms with Crippen molar-refractivity contribution < 1.29 is 13.2 Å². The Morgan fingerprint density at radius 2 is 2.00 bits per heavy atom. The molecule has 0 aliphatic heterocycles. The van der Waals surface area contributed by atoms with Gasteiger partial charge in [-0.2, -0.15) is 13.2 Å². The van der Waals surface area contributed by atoms with Crippen LogP contribution in [-0.2, 0) is 6.18 Å². The Labute approximate surface area is 101 Å². The molecule has 96 valence electrons. The highest BCUT2D eigenvalue weighted by atomic mass is 32.1. The van der Waals surface area contributed by atoms with Crippen LogP contribution in [0.2, 0.25) is 0 Å². The van der Waals surface area contributed by atoms with E-state index in [4.69, 9.17) is 0 Å². The molecular formula is C9H13F3N4S. The predicted octanol–water partition coefficient (Wildman–Crippen LogP) is 2.11. The summed E-state index contributed by atoms with van der Waals surface area (Å²) in [5, 5.41) is 12.0. The van der Waals surface area contributed by atoms with Gasteiger partial charge in [-0.3, -0.25) is 0 Å². The summed E-state index contributed by atoms with van der Waals surface area (Å²) >= 11 is 0.538. The van der Waals surface area contributed by atoms with Crippen molar-refractivity contribution >= 4 is 16.5 Å². The van der Waals surface area contributed by atoms with Crippen molar-refractivity contribution in [1.29, 1.82) is 0 Å². The average Bonchev–Trinajstić information content (AvgIpc) is 2.92. The van der Waals surface area contributed by atoms with Gasteiger partial charge < -0.3 is 10.6 Å². The SMILES string of the molecule is FC(F)(F)c1nnc(NCCCNC2CC2)s1. The molecular weight excluding hydrogens is 253 g/mol. The number of alkyl halides is 3. The molecule has 0 saturated heterocycles. The van der Waals surface area contributed by atoms with Crippen molar-refractivity contribution in [2.24, 2.45) is 0 Å². The first-order valence-electron chi connectivity index (χ1n) is 5.43. The molecule has 0 bridgehead atoms. The molecule has 0 radical (unpaired) electrons. The minimum Gasteiger partial charge on any atom is -0.360 e. The molecule has 4 nitrogen and oxygen atoms in total. The molecule has 1 aliphatic rings. The van der Waals surface area contributed by atoms with Gasteiger partial charge in [0.1, 0.15) is 0 Å². The van der Waals surface area contributed by atoms with E-state index in [1.807, 2.05) is 0 Å². The molecule has 0 aromatic carbocycles. The Kier molecular flexibility index (Phi) is 3.82. The van der Waals surface area contributed by atoms with Crippen molar-refractivity contribution in [2.45, 2.75) is 31.5 Å². The number of anilines is 1. The molecule has 1 aromatic rings. The third-order valence-electron chi connectivity index (χ3n) is 2.31. The number of nitrogens with zero attached hydrogens (tertiary/aromatic N) is 2. The molecule has 1 saturated carbocycles. The molecule has 1 aliphatic carbocycles. The number of rotatable bonds is 6. The van der Waals surface area contributed by atoms with Crippen molar-refractivity contribution in [1.82, 2.24) is 15.5 Å². The van der Waals surface area contributed by atoms with Crippen LogP contribution in [-0.4, -0.2) is 29.3 Å². The molecule has 8 heteroatoms. The van der Waals surface area contributed by atoms with Gasteiger partial charge in [0.2, 0.25) is 10.1 Å². The molecule has 1 heterocycles. The fraction of sp³-hybridized carbons (Fsp3) is 0.778. The van der Waals surface area contributed by atoms with Crippen molar-refractivity contribution in [3.05, 3.63) is 5.01 Å². The highest BCUT2D eigenvalue weighted by Gasteiger charge is 2.35. The zero-order chi connectivity index (χ0) is 12.3. The van der Waals surface area contributed by atoms with Gasteiger partial charge in [-0.05, 0) is 25.8 Å². The van der Waals surface area contributed by atoms with Gasteiger partial charge in [-0.1, -0.05) is 11.3 Å². The molecule has 0 unspecified atom stereocenters. The fourth-order valence-corrected chi connectivity index (χ4v) is 1.92. The maximum Gasteiger partial charge on any atom is 0.445 e. The number of nitrogens with one attached hydrogen (secondary N) is 2. The summed E-state index contributed by atoms with van der Waals surface area (Å²) in [5.74, 6) is 0. The van der Waals surface area contributed by atoms with Crippen LogP contribution < -0.4 is 10.6 Å². The second-order valence-corrected chi connectivity index (χ2v) is 4.90. The average molecular weight is 266 g/mol. The quantitative estimate of drug-likeness (QED) is 0.774. The van der Waals surface area contributed by atoms with Crippen LogP contribution in [0, 0.1) is 0 Å². The fourth-order valence-electron chi connectivity index (χ4n) is 1.29. The van der Waals surface area contributed by atoms with Crippen LogP contribution in [0.25, 0.3) is 0 Å². The summed E-state index contributed by atoms with van der Waals surface area (Å²) in [5.41, 5.74) is 0. The summed E-state index contributed by atoms with van der Waals surface area (Å²) in [6.45, 7) is 1.48. The standard InChI is InChI=1S/C9H13F3N4S/c10-9(11,12)7-15-16-8(17-7)14-5-1-4-13-6-2-3-6/h6,13H,1-5H2,(H,14,16). The summed E-state index contributed by atoms with van der Waals surface area (Å²) in [4.78, 5) is 0. The van der Waals surface area contributed by atoms with Gasteiger partial charge in [-0.25, -0.2) is 0 Å². The Hall–Kier alpha value is -0.890. The van der Waals surface area contributed by atoms with E-state index in [0.717, 1.165) is 13.0 Å². The Bertz CT molecular complexity index is 361.